The number of nitrogens with zero attached hydrogens (tertiary/aromatic N) is 1. The summed E-state index contributed by atoms with van der Waals surface area (Å²) in [5.41, 5.74) is -0.495. The topological polar surface area (TPSA) is 45.0 Å². The van der Waals surface area contributed by atoms with Crippen LogP contribution in [0.15, 0.2) is 0 Å². The molecule has 3 nitrogen and oxygen atoms in total. The van der Waals surface area contributed by atoms with E-state index < -0.39 is 5.60 Å². The van der Waals surface area contributed by atoms with Crippen LogP contribution in [-0.4, -0.2) is 25.8 Å². The monoisotopic (exact) mass is 176 g/mol. The Kier molecular flexibility index (Phi) is 4.43. The molecule has 1 aliphatic rings. The van der Waals surface area contributed by atoms with Crippen molar-refractivity contribution < 1.29 is 4.74 Å². The number of methoxy groups -OCH3 is 1. The second kappa shape index (κ2) is 4.55. The van der Waals surface area contributed by atoms with Crippen LogP contribution in [0.5, 0.6) is 0 Å². The minimum absolute atomic E-state index is 0. The molecular formula is C7H13ClN2O. The minimum Gasteiger partial charge on any atom is -0.363 e. The maximum Gasteiger partial charge on any atom is 0.156 e. The Balaban J connectivity index is 0.000001000. The summed E-state index contributed by atoms with van der Waals surface area (Å²) >= 11 is 0. The van der Waals surface area contributed by atoms with Crippen LogP contribution in [0, 0.1) is 11.3 Å². The van der Waals surface area contributed by atoms with Gasteiger partial charge in [0.2, 0.25) is 0 Å². The van der Waals surface area contributed by atoms with E-state index in [1.807, 2.05) is 0 Å². The van der Waals surface area contributed by atoms with Gasteiger partial charge in [0, 0.05) is 20.0 Å². The van der Waals surface area contributed by atoms with Gasteiger partial charge in [-0.2, -0.15) is 5.26 Å². The highest BCUT2D eigenvalue weighted by molar-refractivity contribution is 5.85. The smallest absolute Gasteiger partial charge is 0.156 e. The summed E-state index contributed by atoms with van der Waals surface area (Å²) in [7, 11) is 1.61. The number of hydrogen-bond donors (Lipinski definition) is 1. The van der Waals surface area contributed by atoms with Gasteiger partial charge in [-0.3, -0.25) is 0 Å². The van der Waals surface area contributed by atoms with Gasteiger partial charge in [0.25, 0.3) is 0 Å². The lowest BCUT2D eigenvalue weighted by atomic mass is 9.94. The lowest BCUT2D eigenvalue weighted by Gasteiger charge is -2.29. The third-order valence-electron chi connectivity index (χ3n) is 2.01. The zero-order valence-electron chi connectivity index (χ0n) is 6.59. The number of rotatable bonds is 1. The van der Waals surface area contributed by atoms with Gasteiger partial charge < -0.3 is 10.1 Å². The average Bonchev–Trinajstić information content (AvgIpc) is 2.06. The molecule has 0 aromatic heterocycles. The van der Waals surface area contributed by atoms with Crippen molar-refractivity contribution in [3.63, 3.8) is 0 Å². The summed E-state index contributed by atoms with van der Waals surface area (Å²) in [5, 5.41) is 11.9. The van der Waals surface area contributed by atoms with Gasteiger partial charge in [-0.25, -0.2) is 0 Å². The van der Waals surface area contributed by atoms with Crippen LogP contribution >= 0.6 is 12.4 Å². The Bertz CT molecular complexity index is 149. The van der Waals surface area contributed by atoms with Crippen LogP contribution in [0.2, 0.25) is 0 Å². The highest BCUT2D eigenvalue weighted by atomic mass is 35.5. The molecule has 0 spiro atoms. The second-order valence-electron chi connectivity index (χ2n) is 2.56. The summed E-state index contributed by atoms with van der Waals surface area (Å²) in [6.45, 7) is 1.78. The van der Waals surface area contributed by atoms with Crippen molar-refractivity contribution in [1.29, 1.82) is 5.26 Å². The van der Waals surface area contributed by atoms with Gasteiger partial charge in [0.05, 0.1) is 6.07 Å². The first kappa shape index (κ1) is 10.7. The fraction of sp³-hybridized carbons (Fsp3) is 0.857. The van der Waals surface area contributed by atoms with E-state index in [1.165, 1.54) is 0 Å². The van der Waals surface area contributed by atoms with Crippen LogP contribution in [0.25, 0.3) is 0 Å². The van der Waals surface area contributed by atoms with Crippen molar-refractivity contribution in [2.24, 2.45) is 0 Å². The van der Waals surface area contributed by atoms with Gasteiger partial charge in [-0.1, -0.05) is 0 Å². The van der Waals surface area contributed by atoms with Gasteiger partial charge in [-0.15, -0.1) is 12.4 Å². The standard InChI is InChI=1S/C7H12N2O.ClH/c1-10-7(6-8)2-4-9-5-3-7;/h9H,2-5H2,1H3;1H. The number of nitrogens with one attached hydrogen (secondary N) is 1. The number of nitriles is 1. The Hall–Kier alpha value is -0.300. The zero-order valence-corrected chi connectivity index (χ0v) is 7.41. The second-order valence-corrected chi connectivity index (χ2v) is 2.56. The molecule has 0 aromatic rings. The summed E-state index contributed by atoms with van der Waals surface area (Å²) in [4.78, 5) is 0. The number of halogens is 1. The lowest BCUT2D eigenvalue weighted by Crippen LogP contribution is -2.42. The van der Waals surface area contributed by atoms with E-state index in [9.17, 15) is 0 Å². The number of hydrogen-bond acceptors (Lipinski definition) is 3. The maximum absolute atomic E-state index is 8.74. The molecule has 1 fully saturated rings. The van der Waals surface area contributed by atoms with Crippen LogP contribution in [-0.2, 0) is 4.74 Å². The van der Waals surface area contributed by atoms with Crippen LogP contribution in [0.4, 0.5) is 0 Å². The Morgan fingerprint density at radius 2 is 2.00 bits per heavy atom. The summed E-state index contributed by atoms with van der Waals surface area (Å²) in [6, 6.07) is 2.20. The molecule has 0 aromatic carbocycles. The minimum atomic E-state index is -0.495. The summed E-state index contributed by atoms with van der Waals surface area (Å²) < 4.78 is 5.13. The highest BCUT2D eigenvalue weighted by Crippen LogP contribution is 2.20. The normalized spacial score (nSPS) is 21.5. The van der Waals surface area contributed by atoms with Crippen molar-refractivity contribution in [3.05, 3.63) is 0 Å². The number of piperidine rings is 1. The van der Waals surface area contributed by atoms with Gasteiger partial charge in [0.1, 0.15) is 0 Å². The predicted molar refractivity (Wildman–Crippen MR) is 44.7 cm³/mol. The lowest BCUT2D eigenvalue weighted by molar-refractivity contribution is 0.0141. The molecule has 0 unspecified atom stereocenters. The Labute approximate surface area is 73.1 Å². The highest BCUT2D eigenvalue weighted by Gasteiger charge is 2.31. The molecular weight excluding hydrogens is 164 g/mol. The van der Waals surface area contributed by atoms with E-state index in [1.54, 1.807) is 7.11 Å². The van der Waals surface area contributed by atoms with Crippen molar-refractivity contribution in [2.45, 2.75) is 18.4 Å². The Morgan fingerprint density at radius 3 is 2.27 bits per heavy atom. The summed E-state index contributed by atoms with van der Waals surface area (Å²) in [6.07, 6.45) is 1.61. The average molecular weight is 177 g/mol. The van der Waals surface area contributed by atoms with E-state index in [4.69, 9.17) is 10.00 Å². The summed E-state index contributed by atoms with van der Waals surface area (Å²) in [5.74, 6) is 0. The molecule has 1 heterocycles. The van der Waals surface area contributed by atoms with Crippen LogP contribution in [0.1, 0.15) is 12.8 Å². The van der Waals surface area contributed by atoms with Crippen LogP contribution in [0.3, 0.4) is 0 Å². The van der Waals surface area contributed by atoms with E-state index >= 15 is 0 Å². The third-order valence-corrected chi connectivity index (χ3v) is 2.01. The fourth-order valence-electron chi connectivity index (χ4n) is 1.19. The van der Waals surface area contributed by atoms with E-state index in [0.717, 1.165) is 25.9 Å². The van der Waals surface area contributed by atoms with Crippen molar-refractivity contribution >= 4 is 12.4 Å². The third kappa shape index (κ3) is 2.33. The zero-order chi connectivity index (χ0) is 7.45. The Morgan fingerprint density at radius 1 is 1.45 bits per heavy atom. The van der Waals surface area contributed by atoms with E-state index in [0.29, 0.717) is 0 Å². The van der Waals surface area contributed by atoms with Crippen molar-refractivity contribution in [2.75, 3.05) is 20.2 Å². The molecule has 0 radical (unpaired) electrons. The van der Waals surface area contributed by atoms with Gasteiger partial charge in [0.15, 0.2) is 5.60 Å². The quantitative estimate of drug-likeness (QED) is 0.640. The number of ether oxygens (including phenoxy) is 1. The first-order valence-electron chi connectivity index (χ1n) is 3.50. The maximum atomic E-state index is 8.74. The molecule has 0 amide bonds. The fourth-order valence-corrected chi connectivity index (χ4v) is 1.19. The molecule has 1 aliphatic heterocycles. The largest absolute Gasteiger partial charge is 0.363 e. The first-order valence-corrected chi connectivity index (χ1v) is 3.50. The van der Waals surface area contributed by atoms with Crippen molar-refractivity contribution in [1.82, 2.24) is 5.32 Å². The van der Waals surface area contributed by atoms with Gasteiger partial charge >= 0.3 is 0 Å². The predicted octanol–water partition coefficient (Wildman–Crippen LogP) is 0.700. The molecule has 1 N–H and O–H groups in total. The van der Waals surface area contributed by atoms with Crippen LogP contribution < -0.4 is 5.32 Å². The van der Waals surface area contributed by atoms with E-state index in [2.05, 4.69) is 11.4 Å². The molecule has 4 heteroatoms. The molecule has 1 rings (SSSR count). The molecule has 0 bridgehead atoms. The molecule has 0 saturated carbocycles. The SMILES string of the molecule is COC1(C#N)CCNCC1.Cl. The van der Waals surface area contributed by atoms with E-state index in [-0.39, 0.29) is 12.4 Å². The molecule has 11 heavy (non-hydrogen) atoms. The molecule has 1 saturated heterocycles. The van der Waals surface area contributed by atoms with Crippen molar-refractivity contribution in [3.8, 4) is 6.07 Å². The molecule has 64 valence electrons. The first-order chi connectivity index (χ1) is 4.83. The molecule has 0 aliphatic carbocycles. The van der Waals surface area contributed by atoms with Gasteiger partial charge in [-0.05, 0) is 13.1 Å². The molecule has 0 atom stereocenters.